The fraction of sp³-hybridized carbons (Fsp3) is 0.267. The van der Waals surface area contributed by atoms with Crippen LogP contribution in [0.2, 0.25) is 0 Å². The standard InChI is InChI=1S/C15H10F6N4O/c1-14(17,18)9-6-23-25-3-2-11(24-12(9)25)8-4-10(16)13(22-5-8)26-7-15(19,20)21/h2-6H,7H2,1H3. The second-order valence-electron chi connectivity index (χ2n) is 5.44. The average Bonchev–Trinajstić information content (AvgIpc) is 2.96. The Kier molecular flexibility index (Phi) is 4.24. The highest BCUT2D eigenvalue weighted by Gasteiger charge is 2.30. The second-order valence-corrected chi connectivity index (χ2v) is 5.44. The summed E-state index contributed by atoms with van der Waals surface area (Å²) in [6, 6.07) is 2.24. The lowest BCUT2D eigenvalue weighted by Crippen LogP contribution is -2.20. The number of hydrogen-bond acceptors (Lipinski definition) is 4. The van der Waals surface area contributed by atoms with Crippen LogP contribution in [0.5, 0.6) is 5.88 Å². The van der Waals surface area contributed by atoms with Crippen molar-refractivity contribution in [2.45, 2.75) is 19.0 Å². The zero-order valence-electron chi connectivity index (χ0n) is 13.1. The van der Waals surface area contributed by atoms with E-state index in [2.05, 4.69) is 19.8 Å². The summed E-state index contributed by atoms with van der Waals surface area (Å²) >= 11 is 0. The van der Waals surface area contributed by atoms with Crippen molar-refractivity contribution in [3.8, 4) is 17.1 Å². The van der Waals surface area contributed by atoms with Crippen LogP contribution >= 0.6 is 0 Å². The predicted octanol–water partition coefficient (Wildman–Crippen LogP) is 3.98. The van der Waals surface area contributed by atoms with Gasteiger partial charge in [0.2, 0.25) is 0 Å². The molecule has 0 unspecified atom stereocenters. The Morgan fingerprint density at radius 3 is 2.50 bits per heavy atom. The van der Waals surface area contributed by atoms with Gasteiger partial charge in [-0.3, -0.25) is 0 Å². The first-order chi connectivity index (χ1) is 12.0. The lowest BCUT2D eigenvalue weighted by molar-refractivity contribution is -0.154. The maximum absolute atomic E-state index is 13.9. The molecule has 3 heterocycles. The maximum Gasteiger partial charge on any atom is 0.422 e. The highest BCUT2D eigenvalue weighted by atomic mass is 19.4. The van der Waals surface area contributed by atoms with Gasteiger partial charge in [-0.05, 0) is 12.1 Å². The van der Waals surface area contributed by atoms with E-state index in [9.17, 15) is 26.3 Å². The normalized spacial score (nSPS) is 12.6. The van der Waals surface area contributed by atoms with Gasteiger partial charge < -0.3 is 4.74 Å². The van der Waals surface area contributed by atoms with Gasteiger partial charge in [-0.15, -0.1) is 0 Å². The molecule has 0 atom stereocenters. The van der Waals surface area contributed by atoms with Crippen LogP contribution in [-0.4, -0.2) is 32.4 Å². The summed E-state index contributed by atoms with van der Waals surface area (Å²) < 4.78 is 82.8. The molecule has 3 aromatic rings. The molecule has 11 heteroatoms. The van der Waals surface area contributed by atoms with Crippen LogP contribution < -0.4 is 4.74 Å². The minimum absolute atomic E-state index is 0.0796. The van der Waals surface area contributed by atoms with Crippen molar-refractivity contribution in [2.24, 2.45) is 0 Å². The summed E-state index contributed by atoms with van der Waals surface area (Å²) in [5.41, 5.74) is -0.376. The van der Waals surface area contributed by atoms with Crippen molar-refractivity contribution in [2.75, 3.05) is 6.61 Å². The molecule has 26 heavy (non-hydrogen) atoms. The molecule has 3 rings (SSSR count). The molecule has 0 N–H and O–H groups in total. The molecule has 0 saturated heterocycles. The van der Waals surface area contributed by atoms with Crippen LogP contribution in [-0.2, 0) is 5.92 Å². The molecular formula is C15H10F6N4O. The topological polar surface area (TPSA) is 52.3 Å². The number of halogens is 6. The van der Waals surface area contributed by atoms with E-state index in [1.807, 2.05) is 0 Å². The van der Waals surface area contributed by atoms with Gasteiger partial charge in [0.25, 0.3) is 11.8 Å². The predicted molar refractivity (Wildman–Crippen MR) is 77.3 cm³/mol. The molecule has 138 valence electrons. The molecule has 0 aliphatic carbocycles. The molecule has 0 saturated carbocycles. The lowest BCUT2D eigenvalue weighted by Gasteiger charge is -2.10. The first-order valence-electron chi connectivity index (χ1n) is 7.13. The largest absolute Gasteiger partial charge is 0.466 e. The molecule has 0 fully saturated rings. The third-order valence-electron chi connectivity index (χ3n) is 3.32. The van der Waals surface area contributed by atoms with E-state index in [4.69, 9.17) is 0 Å². The van der Waals surface area contributed by atoms with Gasteiger partial charge in [-0.2, -0.15) is 18.3 Å². The number of aromatic nitrogens is 4. The lowest BCUT2D eigenvalue weighted by atomic mass is 10.2. The van der Waals surface area contributed by atoms with E-state index in [0.717, 1.165) is 23.0 Å². The van der Waals surface area contributed by atoms with Crippen LogP contribution in [0, 0.1) is 5.82 Å². The van der Waals surface area contributed by atoms with Crippen molar-refractivity contribution < 1.29 is 31.1 Å². The Labute approximate surface area is 142 Å². The number of pyridine rings is 1. The van der Waals surface area contributed by atoms with E-state index in [-0.39, 0.29) is 16.9 Å². The van der Waals surface area contributed by atoms with Gasteiger partial charge in [-0.25, -0.2) is 27.7 Å². The zero-order valence-corrected chi connectivity index (χ0v) is 13.1. The molecule has 0 radical (unpaired) electrons. The fourth-order valence-electron chi connectivity index (χ4n) is 2.16. The molecule has 0 bridgehead atoms. The average molecular weight is 376 g/mol. The fourth-order valence-corrected chi connectivity index (χ4v) is 2.16. The summed E-state index contributed by atoms with van der Waals surface area (Å²) in [4.78, 5) is 7.51. The molecular weight excluding hydrogens is 366 g/mol. The second kappa shape index (κ2) is 6.15. The quantitative estimate of drug-likeness (QED) is 0.647. The third-order valence-corrected chi connectivity index (χ3v) is 3.32. The summed E-state index contributed by atoms with van der Waals surface area (Å²) in [5, 5.41) is 3.76. The highest BCUT2D eigenvalue weighted by molar-refractivity contribution is 5.62. The third kappa shape index (κ3) is 3.70. The van der Waals surface area contributed by atoms with Gasteiger partial charge in [0.05, 0.1) is 17.5 Å². The monoisotopic (exact) mass is 376 g/mol. The van der Waals surface area contributed by atoms with E-state index in [1.54, 1.807) is 0 Å². The molecule has 0 aliphatic rings. The van der Waals surface area contributed by atoms with Gasteiger partial charge in [0.1, 0.15) is 0 Å². The van der Waals surface area contributed by atoms with Gasteiger partial charge in [0, 0.05) is 24.9 Å². The van der Waals surface area contributed by atoms with E-state index in [1.165, 1.54) is 12.3 Å². The maximum atomic E-state index is 13.9. The molecule has 5 nitrogen and oxygen atoms in total. The molecule has 0 amide bonds. The SMILES string of the molecule is CC(F)(F)c1cnn2ccc(-c3cnc(OCC(F)(F)F)c(F)c3)nc12. The number of nitrogens with zero attached hydrogens (tertiary/aromatic N) is 4. The van der Waals surface area contributed by atoms with Crippen LogP contribution in [0.3, 0.4) is 0 Å². The Morgan fingerprint density at radius 2 is 1.88 bits per heavy atom. The summed E-state index contributed by atoms with van der Waals surface area (Å²) in [7, 11) is 0. The number of ether oxygens (including phenoxy) is 1. The Balaban J connectivity index is 1.95. The van der Waals surface area contributed by atoms with Gasteiger partial charge in [0.15, 0.2) is 18.1 Å². The Hall–Kier alpha value is -2.85. The number of alkyl halides is 5. The molecule has 3 aromatic heterocycles. The van der Waals surface area contributed by atoms with Crippen LogP contribution in [0.25, 0.3) is 16.9 Å². The number of rotatable bonds is 4. The van der Waals surface area contributed by atoms with Gasteiger partial charge in [-0.1, -0.05) is 0 Å². The van der Waals surface area contributed by atoms with Crippen molar-refractivity contribution in [3.05, 3.63) is 42.1 Å². The summed E-state index contributed by atoms with van der Waals surface area (Å²) in [6.07, 6.45) is -1.28. The van der Waals surface area contributed by atoms with Crippen LogP contribution in [0.1, 0.15) is 12.5 Å². The van der Waals surface area contributed by atoms with Crippen LogP contribution in [0.4, 0.5) is 26.3 Å². The first-order valence-corrected chi connectivity index (χ1v) is 7.13. The molecule has 0 spiro atoms. The first kappa shape index (κ1) is 18.0. The van der Waals surface area contributed by atoms with Crippen molar-refractivity contribution in [1.29, 1.82) is 0 Å². The summed E-state index contributed by atoms with van der Waals surface area (Å²) in [6.45, 7) is -1.00. The van der Waals surface area contributed by atoms with E-state index < -0.39 is 36.0 Å². The Morgan fingerprint density at radius 1 is 1.15 bits per heavy atom. The minimum Gasteiger partial charge on any atom is -0.466 e. The van der Waals surface area contributed by atoms with Crippen molar-refractivity contribution in [1.82, 2.24) is 19.6 Å². The van der Waals surface area contributed by atoms with Crippen molar-refractivity contribution >= 4 is 5.65 Å². The Bertz CT molecular complexity index is 947. The van der Waals surface area contributed by atoms with Crippen molar-refractivity contribution in [3.63, 3.8) is 0 Å². The minimum atomic E-state index is -4.64. The number of hydrogen-bond donors (Lipinski definition) is 0. The van der Waals surface area contributed by atoms with E-state index in [0.29, 0.717) is 6.92 Å². The highest BCUT2D eigenvalue weighted by Crippen LogP contribution is 2.31. The molecule has 0 aromatic carbocycles. The van der Waals surface area contributed by atoms with Gasteiger partial charge >= 0.3 is 6.18 Å². The van der Waals surface area contributed by atoms with Crippen LogP contribution in [0.15, 0.2) is 30.7 Å². The zero-order chi connectivity index (χ0) is 19.1. The van der Waals surface area contributed by atoms with E-state index >= 15 is 0 Å². The molecule has 0 aliphatic heterocycles. The smallest absolute Gasteiger partial charge is 0.422 e. The number of fused-ring (bicyclic) bond motifs is 1. The summed E-state index contributed by atoms with van der Waals surface area (Å²) in [5.74, 6) is -5.15.